The lowest BCUT2D eigenvalue weighted by molar-refractivity contribution is -0.124. The van der Waals surface area contributed by atoms with E-state index in [4.69, 9.17) is 21.1 Å². The smallest absolute Gasteiger partial charge is 0.343 e. The van der Waals surface area contributed by atoms with Crippen molar-refractivity contribution >= 4 is 23.5 Å². The van der Waals surface area contributed by atoms with Crippen LogP contribution in [0.5, 0.6) is 5.75 Å². The molecule has 2 aromatic carbocycles. The average Bonchev–Trinajstić information content (AvgIpc) is 2.58. The number of ether oxygens (including phenoxy) is 2. The van der Waals surface area contributed by atoms with E-state index >= 15 is 0 Å². The standard InChI is InChI=1S/C17H15ClFNO4/c1-23-14-8-3-2-5-11(14)9-20-15(21)10-24-17(22)16-12(18)6-4-7-13(16)19/h2-8H,9-10H2,1H3,(H,20,21). The van der Waals surface area contributed by atoms with Crippen LogP contribution >= 0.6 is 11.6 Å². The Balaban J connectivity index is 1.88. The molecule has 7 heteroatoms. The number of halogens is 2. The maximum atomic E-state index is 13.6. The van der Waals surface area contributed by atoms with E-state index < -0.39 is 29.9 Å². The van der Waals surface area contributed by atoms with E-state index in [-0.39, 0.29) is 11.6 Å². The monoisotopic (exact) mass is 351 g/mol. The van der Waals surface area contributed by atoms with Gasteiger partial charge in [-0.25, -0.2) is 9.18 Å². The van der Waals surface area contributed by atoms with Gasteiger partial charge < -0.3 is 14.8 Å². The summed E-state index contributed by atoms with van der Waals surface area (Å²) in [7, 11) is 1.53. The number of esters is 1. The van der Waals surface area contributed by atoms with Gasteiger partial charge in [0.05, 0.1) is 12.1 Å². The van der Waals surface area contributed by atoms with Crippen molar-refractivity contribution in [1.82, 2.24) is 5.32 Å². The normalized spacial score (nSPS) is 10.1. The molecule has 0 bridgehead atoms. The summed E-state index contributed by atoms with van der Waals surface area (Å²) in [5.74, 6) is -1.69. The van der Waals surface area contributed by atoms with Crippen LogP contribution in [0.4, 0.5) is 4.39 Å². The molecule has 0 aliphatic rings. The lowest BCUT2D eigenvalue weighted by Gasteiger charge is -2.10. The van der Waals surface area contributed by atoms with Crippen LogP contribution in [0.15, 0.2) is 42.5 Å². The Kier molecular flexibility index (Phi) is 6.14. The molecule has 24 heavy (non-hydrogen) atoms. The highest BCUT2D eigenvalue weighted by Crippen LogP contribution is 2.20. The predicted molar refractivity (Wildman–Crippen MR) is 86.5 cm³/mol. The molecule has 0 saturated heterocycles. The van der Waals surface area contributed by atoms with Crippen molar-refractivity contribution < 1.29 is 23.5 Å². The van der Waals surface area contributed by atoms with Crippen molar-refractivity contribution in [1.29, 1.82) is 0 Å². The molecule has 5 nitrogen and oxygen atoms in total. The molecule has 2 aromatic rings. The Morgan fingerprint density at radius 3 is 2.62 bits per heavy atom. The predicted octanol–water partition coefficient (Wildman–Crippen LogP) is 2.96. The minimum Gasteiger partial charge on any atom is -0.496 e. The van der Waals surface area contributed by atoms with Crippen LogP contribution in [0.3, 0.4) is 0 Å². The second-order valence-electron chi connectivity index (χ2n) is 4.76. The fourth-order valence-electron chi connectivity index (χ4n) is 1.99. The van der Waals surface area contributed by atoms with Gasteiger partial charge in [0.25, 0.3) is 5.91 Å². The second-order valence-corrected chi connectivity index (χ2v) is 5.17. The molecule has 0 heterocycles. The van der Waals surface area contributed by atoms with Gasteiger partial charge in [-0.05, 0) is 18.2 Å². The van der Waals surface area contributed by atoms with Crippen LogP contribution in [0.2, 0.25) is 5.02 Å². The topological polar surface area (TPSA) is 64.6 Å². The highest BCUT2D eigenvalue weighted by molar-refractivity contribution is 6.33. The summed E-state index contributed by atoms with van der Waals surface area (Å²) in [6.07, 6.45) is 0. The maximum absolute atomic E-state index is 13.6. The van der Waals surface area contributed by atoms with Crippen LogP contribution in [0, 0.1) is 5.82 Å². The molecule has 0 aliphatic carbocycles. The highest BCUT2D eigenvalue weighted by atomic mass is 35.5. The van der Waals surface area contributed by atoms with Crippen LogP contribution in [-0.4, -0.2) is 25.6 Å². The summed E-state index contributed by atoms with van der Waals surface area (Å²) in [5, 5.41) is 2.51. The zero-order valence-electron chi connectivity index (χ0n) is 12.8. The third-order valence-corrected chi connectivity index (χ3v) is 3.48. The van der Waals surface area contributed by atoms with Gasteiger partial charge in [0.2, 0.25) is 0 Å². The fourth-order valence-corrected chi connectivity index (χ4v) is 2.23. The summed E-state index contributed by atoms with van der Waals surface area (Å²) in [5.41, 5.74) is 0.383. The molecule has 0 aliphatic heterocycles. The Morgan fingerprint density at radius 1 is 1.17 bits per heavy atom. The zero-order chi connectivity index (χ0) is 17.5. The van der Waals surface area contributed by atoms with Crippen molar-refractivity contribution in [2.45, 2.75) is 6.54 Å². The van der Waals surface area contributed by atoms with Gasteiger partial charge in [0.1, 0.15) is 17.1 Å². The van der Waals surface area contributed by atoms with E-state index in [1.807, 2.05) is 12.1 Å². The second kappa shape index (κ2) is 8.31. The van der Waals surface area contributed by atoms with E-state index in [0.717, 1.165) is 11.6 Å². The third-order valence-electron chi connectivity index (χ3n) is 3.17. The number of para-hydroxylation sites is 1. The van der Waals surface area contributed by atoms with Gasteiger partial charge in [-0.15, -0.1) is 0 Å². The quantitative estimate of drug-likeness (QED) is 0.813. The lowest BCUT2D eigenvalue weighted by atomic mass is 10.2. The highest BCUT2D eigenvalue weighted by Gasteiger charge is 2.18. The van der Waals surface area contributed by atoms with Crippen molar-refractivity contribution in [3.8, 4) is 5.75 Å². The largest absolute Gasteiger partial charge is 0.496 e. The first-order valence-electron chi connectivity index (χ1n) is 7.02. The average molecular weight is 352 g/mol. The fraction of sp³-hybridized carbons (Fsp3) is 0.176. The Bertz CT molecular complexity index is 731. The molecule has 0 radical (unpaired) electrons. The summed E-state index contributed by atoms with van der Waals surface area (Å²) in [6.45, 7) is -0.334. The van der Waals surface area contributed by atoms with Crippen molar-refractivity contribution in [2.24, 2.45) is 0 Å². The van der Waals surface area contributed by atoms with E-state index in [0.29, 0.717) is 5.75 Å². The van der Waals surface area contributed by atoms with Crippen LogP contribution in [0.25, 0.3) is 0 Å². The van der Waals surface area contributed by atoms with Gasteiger partial charge in [-0.2, -0.15) is 0 Å². The summed E-state index contributed by atoms with van der Waals surface area (Å²) >= 11 is 5.76. The molecule has 0 unspecified atom stereocenters. The number of hydrogen-bond acceptors (Lipinski definition) is 4. The van der Waals surface area contributed by atoms with Crippen molar-refractivity contribution in [3.05, 3.63) is 64.4 Å². The molecule has 0 fully saturated rings. The number of hydrogen-bond donors (Lipinski definition) is 1. The Hall–Kier alpha value is -2.60. The third kappa shape index (κ3) is 4.45. The molecule has 0 atom stereocenters. The number of rotatable bonds is 6. The first kappa shape index (κ1) is 17.7. The van der Waals surface area contributed by atoms with Gasteiger partial charge in [0, 0.05) is 12.1 Å². The summed E-state index contributed by atoms with van der Waals surface area (Å²) in [6, 6.07) is 11.0. The van der Waals surface area contributed by atoms with Crippen molar-refractivity contribution in [2.75, 3.05) is 13.7 Å². The molecular formula is C17H15ClFNO4. The van der Waals surface area contributed by atoms with Gasteiger partial charge >= 0.3 is 5.97 Å². The number of carbonyl (C=O) groups is 2. The minimum atomic E-state index is -0.995. The van der Waals surface area contributed by atoms with E-state index in [1.165, 1.54) is 19.2 Å². The lowest BCUT2D eigenvalue weighted by Crippen LogP contribution is -2.28. The van der Waals surface area contributed by atoms with E-state index in [1.54, 1.807) is 12.1 Å². The zero-order valence-corrected chi connectivity index (χ0v) is 13.6. The molecule has 126 valence electrons. The van der Waals surface area contributed by atoms with E-state index in [9.17, 15) is 14.0 Å². The minimum absolute atomic E-state index is 0.0746. The maximum Gasteiger partial charge on any atom is 0.343 e. The molecule has 1 N–H and O–H groups in total. The molecule has 0 saturated carbocycles. The Labute approximate surface area is 143 Å². The SMILES string of the molecule is COc1ccccc1CNC(=O)COC(=O)c1c(F)cccc1Cl. The van der Waals surface area contributed by atoms with Crippen LogP contribution in [-0.2, 0) is 16.1 Å². The van der Waals surface area contributed by atoms with Gasteiger partial charge in [0.15, 0.2) is 6.61 Å². The van der Waals surface area contributed by atoms with Crippen LogP contribution in [0.1, 0.15) is 15.9 Å². The van der Waals surface area contributed by atoms with Crippen LogP contribution < -0.4 is 10.1 Å². The number of methoxy groups -OCH3 is 1. The first-order valence-corrected chi connectivity index (χ1v) is 7.40. The molecule has 0 aromatic heterocycles. The molecule has 2 rings (SSSR count). The number of amides is 1. The first-order chi connectivity index (χ1) is 11.5. The van der Waals surface area contributed by atoms with Gasteiger partial charge in [-0.1, -0.05) is 35.9 Å². The van der Waals surface area contributed by atoms with E-state index in [2.05, 4.69) is 5.32 Å². The number of benzene rings is 2. The Morgan fingerprint density at radius 2 is 1.92 bits per heavy atom. The molecule has 1 amide bonds. The van der Waals surface area contributed by atoms with Gasteiger partial charge in [-0.3, -0.25) is 4.79 Å². The number of nitrogens with one attached hydrogen (secondary N) is 1. The molecule has 0 spiro atoms. The molecular weight excluding hydrogens is 337 g/mol. The number of carbonyl (C=O) groups excluding carboxylic acids is 2. The summed E-state index contributed by atoms with van der Waals surface area (Å²) < 4.78 is 23.5. The summed E-state index contributed by atoms with van der Waals surface area (Å²) in [4.78, 5) is 23.6. The van der Waals surface area contributed by atoms with Crippen molar-refractivity contribution in [3.63, 3.8) is 0 Å².